The van der Waals surface area contributed by atoms with Crippen molar-refractivity contribution in [1.29, 1.82) is 0 Å². The molecule has 2 N–H and O–H groups in total. The van der Waals surface area contributed by atoms with Crippen molar-refractivity contribution in [3.8, 4) is 0 Å². The number of nitrogens with one attached hydrogen (secondary N) is 1. The molecule has 1 heterocycles. The van der Waals surface area contributed by atoms with Crippen LogP contribution in [0.3, 0.4) is 0 Å². The Morgan fingerprint density at radius 1 is 1.64 bits per heavy atom. The third kappa shape index (κ3) is 2.78. The second kappa shape index (κ2) is 4.06. The molecule has 0 saturated heterocycles. The Balaban J connectivity index is 2.80. The number of rotatable bonds is 2. The van der Waals surface area contributed by atoms with Crippen molar-refractivity contribution in [2.75, 3.05) is 5.32 Å². The summed E-state index contributed by atoms with van der Waals surface area (Å²) in [5.74, 6) is -0.454. The fourth-order valence-corrected chi connectivity index (χ4v) is 1.10. The number of carbonyl (C=O) groups is 1. The van der Waals surface area contributed by atoms with Gasteiger partial charge in [-0.1, -0.05) is 0 Å². The van der Waals surface area contributed by atoms with E-state index in [4.69, 9.17) is 0 Å². The summed E-state index contributed by atoms with van der Waals surface area (Å²) in [5, 5.41) is 12.0. The Morgan fingerprint density at radius 2 is 2.29 bits per heavy atom. The summed E-state index contributed by atoms with van der Waals surface area (Å²) in [7, 11) is 0. The van der Waals surface area contributed by atoms with Crippen LogP contribution in [-0.4, -0.2) is 21.6 Å². The number of aliphatic hydroxyl groups is 1. The first-order valence-electron chi connectivity index (χ1n) is 4.04. The van der Waals surface area contributed by atoms with Gasteiger partial charge in [-0.15, -0.1) is 0 Å². The first-order valence-corrected chi connectivity index (χ1v) is 4.84. The number of aromatic nitrogens is 1. The summed E-state index contributed by atoms with van der Waals surface area (Å²) in [5.41, 5.74) is -0.796. The predicted molar refractivity (Wildman–Crippen MR) is 56.9 cm³/mol. The third-order valence-electron chi connectivity index (χ3n) is 1.58. The highest BCUT2D eigenvalue weighted by atomic mass is 79.9. The molecular formula is C9H11BrN2O2. The van der Waals surface area contributed by atoms with Crippen LogP contribution >= 0.6 is 15.9 Å². The minimum atomic E-state index is -1.39. The molecule has 1 amide bonds. The van der Waals surface area contributed by atoms with E-state index in [1.165, 1.54) is 13.8 Å². The van der Waals surface area contributed by atoms with Crippen LogP contribution in [0.5, 0.6) is 0 Å². The average molecular weight is 259 g/mol. The molecule has 1 rings (SSSR count). The van der Waals surface area contributed by atoms with Crippen LogP contribution in [0, 0.1) is 0 Å². The molecule has 5 heteroatoms. The molecule has 0 saturated carbocycles. The van der Waals surface area contributed by atoms with E-state index in [1.54, 1.807) is 18.5 Å². The second-order valence-corrected chi connectivity index (χ2v) is 4.22. The Hall–Kier alpha value is -0.940. The van der Waals surface area contributed by atoms with E-state index in [0.717, 1.165) is 0 Å². The molecule has 0 bridgehead atoms. The van der Waals surface area contributed by atoms with Crippen LogP contribution in [-0.2, 0) is 4.79 Å². The summed E-state index contributed by atoms with van der Waals surface area (Å²) in [4.78, 5) is 15.2. The topological polar surface area (TPSA) is 62.2 Å². The van der Waals surface area contributed by atoms with Crippen molar-refractivity contribution in [2.24, 2.45) is 0 Å². The highest BCUT2D eigenvalue weighted by Crippen LogP contribution is 2.20. The lowest BCUT2D eigenvalue weighted by Gasteiger charge is -2.16. The molecule has 14 heavy (non-hydrogen) atoms. The molecule has 0 aliphatic heterocycles. The molecule has 76 valence electrons. The van der Waals surface area contributed by atoms with Crippen molar-refractivity contribution in [1.82, 2.24) is 4.98 Å². The van der Waals surface area contributed by atoms with Crippen molar-refractivity contribution in [3.63, 3.8) is 0 Å². The molecule has 0 aromatic carbocycles. The normalized spacial score (nSPS) is 11.1. The van der Waals surface area contributed by atoms with Gasteiger partial charge in [0.05, 0.1) is 10.2 Å². The zero-order valence-corrected chi connectivity index (χ0v) is 9.50. The first kappa shape index (κ1) is 11.1. The van der Waals surface area contributed by atoms with Crippen molar-refractivity contribution in [3.05, 3.63) is 22.9 Å². The minimum Gasteiger partial charge on any atom is -0.381 e. The zero-order chi connectivity index (χ0) is 10.8. The van der Waals surface area contributed by atoms with Crippen LogP contribution < -0.4 is 5.32 Å². The lowest BCUT2D eigenvalue weighted by molar-refractivity contribution is -0.130. The van der Waals surface area contributed by atoms with Gasteiger partial charge in [-0.3, -0.25) is 9.78 Å². The van der Waals surface area contributed by atoms with Gasteiger partial charge in [0, 0.05) is 12.4 Å². The number of hydrogen-bond donors (Lipinski definition) is 2. The second-order valence-electron chi connectivity index (χ2n) is 3.37. The van der Waals surface area contributed by atoms with E-state index in [0.29, 0.717) is 10.2 Å². The number of nitrogens with zero attached hydrogens (tertiary/aromatic N) is 1. The quantitative estimate of drug-likeness (QED) is 0.847. The van der Waals surface area contributed by atoms with Gasteiger partial charge in [0.2, 0.25) is 0 Å². The van der Waals surface area contributed by atoms with Gasteiger partial charge in [0.15, 0.2) is 0 Å². The lowest BCUT2D eigenvalue weighted by atomic mass is 10.1. The molecule has 0 radical (unpaired) electrons. The molecule has 0 aliphatic carbocycles. The van der Waals surface area contributed by atoms with E-state index < -0.39 is 11.5 Å². The van der Waals surface area contributed by atoms with E-state index >= 15 is 0 Å². The molecule has 0 unspecified atom stereocenters. The molecule has 0 aliphatic rings. The Kier molecular flexibility index (Phi) is 3.23. The number of pyridine rings is 1. The van der Waals surface area contributed by atoms with Crippen LogP contribution in [0.15, 0.2) is 22.9 Å². The van der Waals surface area contributed by atoms with Crippen molar-refractivity contribution in [2.45, 2.75) is 19.4 Å². The Bertz CT molecular complexity index is 347. The molecule has 4 nitrogen and oxygen atoms in total. The van der Waals surface area contributed by atoms with Crippen LogP contribution in [0.4, 0.5) is 5.69 Å². The van der Waals surface area contributed by atoms with E-state index in [1.807, 2.05) is 0 Å². The molecule has 1 aromatic heterocycles. The highest BCUT2D eigenvalue weighted by Gasteiger charge is 2.24. The van der Waals surface area contributed by atoms with Gasteiger partial charge in [0.1, 0.15) is 5.60 Å². The largest absolute Gasteiger partial charge is 0.381 e. The number of halogens is 1. The molecule has 0 atom stereocenters. The Labute approximate surface area is 90.5 Å². The fourth-order valence-electron chi connectivity index (χ4n) is 0.752. The lowest BCUT2D eigenvalue weighted by Crippen LogP contribution is -2.36. The maximum atomic E-state index is 11.4. The number of hydrogen-bond acceptors (Lipinski definition) is 3. The van der Waals surface area contributed by atoms with Gasteiger partial charge >= 0.3 is 0 Å². The standard InChI is InChI=1S/C9H11BrN2O2/c1-9(2,14)8(13)12-7-3-4-11-5-6(7)10/h3-5,14H,1-2H3,(H,11,12,13). The Morgan fingerprint density at radius 3 is 2.79 bits per heavy atom. The maximum absolute atomic E-state index is 11.4. The SMILES string of the molecule is CC(C)(O)C(=O)Nc1ccncc1Br. The average Bonchev–Trinajstić information content (AvgIpc) is 2.07. The smallest absolute Gasteiger partial charge is 0.255 e. The molecule has 0 fully saturated rings. The van der Waals surface area contributed by atoms with Gasteiger partial charge in [0.25, 0.3) is 5.91 Å². The number of anilines is 1. The summed E-state index contributed by atoms with van der Waals surface area (Å²) in [6, 6.07) is 1.65. The maximum Gasteiger partial charge on any atom is 0.255 e. The molecule has 1 aromatic rings. The summed E-state index contributed by atoms with van der Waals surface area (Å²) in [6.07, 6.45) is 3.13. The third-order valence-corrected chi connectivity index (χ3v) is 2.21. The van der Waals surface area contributed by atoms with E-state index in [2.05, 4.69) is 26.2 Å². The molecular weight excluding hydrogens is 248 g/mol. The van der Waals surface area contributed by atoms with Crippen molar-refractivity contribution < 1.29 is 9.90 Å². The van der Waals surface area contributed by atoms with Crippen LogP contribution in [0.25, 0.3) is 0 Å². The zero-order valence-electron chi connectivity index (χ0n) is 7.91. The van der Waals surface area contributed by atoms with Crippen LogP contribution in [0.2, 0.25) is 0 Å². The van der Waals surface area contributed by atoms with Gasteiger partial charge < -0.3 is 10.4 Å². The predicted octanol–water partition coefficient (Wildman–Crippen LogP) is 1.55. The van der Waals surface area contributed by atoms with Gasteiger partial charge in [-0.25, -0.2) is 0 Å². The van der Waals surface area contributed by atoms with Crippen molar-refractivity contribution >= 4 is 27.5 Å². The van der Waals surface area contributed by atoms with E-state index in [-0.39, 0.29) is 0 Å². The van der Waals surface area contributed by atoms with Gasteiger partial charge in [-0.2, -0.15) is 0 Å². The summed E-state index contributed by atoms with van der Waals surface area (Å²) < 4.78 is 0.678. The minimum absolute atomic E-state index is 0.454. The van der Waals surface area contributed by atoms with E-state index in [9.17, 15) is 9.90 Å². The monoisotopic (exact) mass is 258 g/mol. The highest BCUT2D eigenvalue weighted by molar-refractivity contribution is 9.10. The number of carbonyl (C=O) groups excluding carboxylic acids is 1. The summed E-state index contributed by atoms with van der Waals surface area (Å²) >= 11 is 3.23. The van der Waals surface area contributed by atoms with Crippen LogP contribution in [0.1, 0.15) is 13.8 Å². The number of amides is 1. The fraction of sp³-hybridized carbons (Fsp3) is 0.333. The summed E-state index contributed by atoms with van der Waals surface area (Å²) in [6.45, 7) is 2.86. The first-order chi connectivity index (χ1) is 6.41. The molecule has 0 spiro atoms. The van der Waals surface area contributed by atoms with Gasteiger partial charge in [-0.05, 0) is 35.8 Å².